The molecule has 0 aliphatic heterocycles. The van der Waals surface area contributed by atoms with Gasteiger partial charge >= 0.3 is 0 Å². The van der Waals surface area contributed by atoms with E-state index in [0.717, 1.165) is 16.1 Å². The highest BCUT2D eigenvalue weighted by molar-refractivity contribution is 7.18. The molecule has 0 atom stereocenters. The SMILES string of the molecule is Cc1ccccc1-c1nnc(NC=O)s1. The monoisotopic (exact) mass is 219 g/mol. The van der Waals surface area contributed by atoms with E-state index >= 15 is 0 Å². The number of amides is 1. The average Bonchev–Trinajstić information content (AvgIpc) is 2.68. The van der Waals surface area contributed by atoms with Crippen LogP contribution in [0, 0.1) is 6.92 Å². The van der Waals surface area contributed by atoms with Gasteiger partial charge in [-0.1, -0.05) is 35.6 Å². The summed E-state index contributed by atoms with van der Waals surface area (Å²) in [5, 5.41) is 11.7. The number of carbonyl (C=O) groups excluding carboxylic acids is 1. The normalized spacial score (nSPS) is 9.93. The summed E-state index contributed by atoms with van der Waals surface area (Å²) in [4.78, 5) is 10.2. The first kappa shape index (κ1) is 9.79. The van der Waals surface area contributed by atoms with Crippen molar-refractivity contribution in [1.82, 2.24) is 10.2 Å². The smallest absolute Gasteiger partial charge is 0.213 e. The van der Waals surface area contributed by atoms with E-state index in [1.807, 2.05) is 31.2 Å². The summed E-state index contributed by atoms with van der Waals surface area (Å²) in [6.07, 6.45) is 0.599. The maximum Gasteiger partial charge on any atom is 0.213 e. The van der Waals surface area contributed by atoms with Crippen LogP contribution in [0.25, 0.3) is 10.6 Å². The number of aryl methyl sites for hydroxylation is 1. The van der Waals surface area contributed by atoms with Gasteiger partial charge in [-0.3, -0.25) is 4.79 Å². The zero-order valence-electron chi connectivity index (χ0n) is 8.10. The molecule has 0 saturated heterocycles. The lowest BCUT2D eigenvalue weighted by molar-refractivity contribution is -0.105. The fourth-order valence-electron chi connectivity index (χ4n) is 1.25. The van der Waals surface area contributed by atoms with Crippen molar-refractivity contribution in [1.29, 1.82) is 0 Å². The molecule has 0 unspecified atom stereocenters. The van der Waals surface area contributed by atoms with Crippen LogP contribution in [0.2, 0.25) is 0 Å². The molecule has 0 aliphatic carbocycles. The van der Waals surface area contributed by atoms with Gasteiger partial charge in [0, 0.05) is 5.56 Å². The number of carbonyl (C=O) groups is 1. The Hall–Kier alpha value is -1.75. The summed E-state index contributed by atoms with van der Waals surface area (Å²) < 4.78 is 0. The molecule has 1 aromatic heterocycles. The molecule has 0 saturated carbocycles. The van der Waals surface area contributed by atoms with E-state index in [-0.39, 0.29) is 0 Å². The number of hydrogen-bond acceptors (Lipinski definition) is 4. The molecule has 0 fully saturated rings. The van der Waals surface area contributed by atoms with Crippen LogP contribution in [0.3, 0.4) is 0 Å². The molecule has 0 radical (unpaired) electrons. The molecular weight excluding hydrogens is 210 g/mol. The zero-order valence-corrected chi connectivity index (χ0v) is 8.91. The summed E-state index contributed by atoms with van der Waals surface area (Å²) in [6.45, 7) is 2.02. The maximum atomic E-state index is 10.2. The number of anilines is 1. The van der Waals surface area contributed by atoms with Gasteiger partial charge in [-0.2, -0.15) is 0 Å². The second-order valence-corrected chi connectivity index (χ2v) is 3.97. The van der Waals surface area contributed by atoms with Crippen LogP contribution in [-0.2, 0) is 4.79 Å². The quantitative estimate of drug-likeness (QED) is 0.804. The molecular formula is C10H9N3OS. The zero-order chi connectivity index (χ0) is 10.7. The molecule has 5 heteroatoms. The van der Waals surface area contributed by atoms with E-state index in [4.69, 9.17) is 0 Å². The lowest BCUT2D eigenvalue weighted by Gasteiger charge is -1.98. The third-order valence-corrected chi connectivity index (χ3v) is 2.87. The minimum atomic E-state index is 0.517. The minimum absolute atomic E-state index is 0.517. The summed E-state index contributed by atoms with van der Waals surface area (Å²) in [5.41, 5.74) is 2.19. The summed E-state index contributed by atoms with van der Waals surface area (Å²) in [5.74, 6) is 0. The number of nitrogens with one attached hydrogen (secondary N) is 1. The first-order valence-electron chi connectivity index (χ1n) is 4.41. The van der Waals surface area contributed by atoms with Crippen LogP contribution in [0.5, 0.6) is 0 Å². The van der Waals surface area contributed by atoms with Crippen molar-refractivity contribution >= 4 is 22.9 Å². The molecule has 15 heavy (non-hydrogen) atoms. The third-order valence-electron chi connectivity index (χ3n) is 1.98. The van der Waals surface area contributed by atoms with Crippen molar-refractivity contribution in [2.45, 2.75) is 6.92 Å². The van der Waals surface area contributed by atoms with E-state index < -0.39 is 0 Å². The van der Waals surface area contributed by atoms with E-state index in [0.29, 0.717) is 11.5 Å². The van der Waals surface area contributed by atoms with Gasteiger partial charge in [-0.15, -0.1) is 10.2 Å². The third kappa shape index (κ3) is 2.02. The van der Waals surface area contributed by atoms with Gasteiger partial charge in [0.15, 0.2) is 0 Å². The van der Waals surface area contributed by atoms with Crippen molar-refractivity contribution < 1.29 is 4.79 Å². The molecule has 1 aromatic carbocycles. The largest absolute Gasteiger partial charge is 0.303 e. The second-order valence-electron chi connectivity index (χ2n) is 2.99. The molecule has 0 spiro atoms. The Labute approximate surface area is 91.0 Å². The lowest BCUT2D eigenvalue weighted by Crippen LogP contribution is -1.91. The van der Waals surface area contributed by atoms with Crippen LogP contribution in [0.15, 0.2) is 24.3 Å². The Kier molecular flexibility index (Phi) is 2.73. The molecule has 76 valence electrons. The summed E-state index contributed by atoms with van der Waals surface area (Å²) >= 11 is 1.36. The fourth-order valence-corrected chi connectivity index (χ4v) is 2.05. The van der Waals surface area contributed by atoms with E-state index in [2.05, 4.69) is 15.5 Å². The molecule has 4 nitrogen and oxygen atoms in total. The van der Waals surface area contributed by atoms with Gasteiger partial charge in [-0.25, -0.2) is 0 Å². The highest BCUT2D eigenvalue weighted by Gasteiger charge is 2.07. The van der Waals surface area contributed by atoms with Crippen molar-refractivity contribution in [3.8, 4) is 10.6 Å². The number of nitrogens with zero attached hydrogens (tertiary/aromatic N) is 2. The molecule has 1 N–H and O–H groups in total. The second kappa shape index (κ2) is 4.18. The Morgan fingerprint density at radius 3 is 2.87 bits per heavy atom. The first-order chi connectivity index (χ1) is 7.31. The van der Waals surface area contributed by atoms with Crippen molar-refractivity contribution in [3.05, 3.63) is 29.8 Å². The molecule has 0 bridgehead atoms. The van der Waals surface area contributed by atoms with E-state index in [9.17, 15) is 4.79 Å². The van der Waals surface area contributed by atoms with E-state index in [1.165, 1.54) is 11.3 Å². The van der Waals surface area contributed by atoms with Crippen molar-refractivity contribution in [3.63, 3.8) is 0 Å². The Morgan fingerprint density at radius 1 is 1.33 bits per heavy atom. The van der Waals surface area contributed by atoms with Crippen LogP contribution < -0.4 is 5.32 Å². The van der Waals surface area contributed by atoms with E-state index in [1.54, 1.807) is 0 Å². The van der Waals surface area contributed by atoms with Gasteiger partial charge in [0.2, 0.25) is 11.5 Å². The van der Waals surface area contributed by atoms with Gasteiger partial charge < -0.3 is 5.32 Å². The van der Waals surface area contributed by atoms with Gasteiger partial charge in [-0.05, 0) is 12.5 Å². The van der Waals surface area contributed by atoms with Crippen molar-refractivity contribution in [2.24, 2.45) is 0 Å². The van der Waals surface area contributed by atoms with Gasteiger partial charge in [0.1, 0.15) is 5.01 Å². The molecule has 2 rings (SSSR count). The van der Waals surface area contributed by atoms with Crippen LogP contribution in [-0.4, -0.2) is 16.6 Å². The van der Waals surface area contributed by atoms with Crippen LogP contribution >= 0.6 is 11.3 Å². The maximum absolute atomic E-state index is 10.2. The number of aromatic nitrogens is 2. The Morgan fingerprint density at radius 2 is 2.13 bits per heavy atom. The van der Waals surface area contributed by atoms with Crippen molar-refractivity contribution in [2.75, 3.05) is 5.32 Å². The topological polar surface area (TPSA) is 54.9 Å². The van der Waals surface area contributed by atoms with Crippen LogP contribution in [0.4, 0.5) is 5.13 Å². The molecule has 1 amide bonds. The fraction of sp³-hybridized carbons (Fsp3) is 0.100. The predicted molar refractivity (Wildman–Crippen MR) is 59.8 cm³/mol. The Bertz CT molecular complexity index is 481. The highest BCUT2D eigenvalue weighted by atomic mass is 32.1. The predicted octanol–water partition coefficient (Wildman–Crippen LogP) is 2.08. The standard InChI is InChI=1S/C10H9N3OS/c1-7-4-2-3-5-8(7)9-12-13-10(15-9)11-6-14/h2-6H,1H3,(H,11,13,14). The molecule has 2 aromatic rings. The summed E-state index contributed by atoms with van der Waals surface area (Å²) in [7, 11) is 0. The van der Waals surface area contributed by atoms with Crippen LogP contribution in [0.1, 0.15) is 5.56 Å². The number of rotatable bonds is 3. The molecule has 0 aliphatic rings. The number of benzene rings is 1. The number of hydrogen-bond donors (Lipinski definition) is 1. The van der Waals surface area contributed by atoms with Gasteiger partial charge in [0.25, 0.3) is 0 Å². The average molecular weight is 219 g/mol. The Balaban J connectivity index is 2.37. The molecule has 1 heterocycles. The summed E-state index contributed by atoms with van der Waals surface area (Å²) in [6, 6.07) is 7.94. The minimum Gasteiger partial charge on any atom is -0.303 e. The highest BCUT2D eigenvalue weighted by Crippen LogP contribution is 2.28. The first-order valence-corrected chi connectivity index (χ1v) is 5.22. The lowest BCUT2D eigenvalue weighted by atomic mass is 10.1. The van der Waals surface area contributed by atoms with Gasteiger partial charge in [0.05, 0.1) is 0 Å².